The van der Waals surface area contributed by atoms with E-state index in [2.05, 4.69) is 23.7 Å². The van der Waals surface area contributed by atoms with Crippen molar-refractivity contribution in [3.63, 3.8) is 0 Å². The van der Waals surface area contributed by atoms with E-state index >= 15 is 0 Å². The summed E-state index contributed by atoms with van der Waals surface area (Å²) in [5.41, 5.74) is -5.12. The molecule has 0 unspecified atom stereocenters. The van der Waals surface area contributed by atoms with Crippen molar-refractivity contribution in [1.82, 2.24) is 0 Å². The molecule has 0 aromatic rings. The first-order valence-electron chi connectivity index (χ1n) is 12.2. The van der Waals surface area contributed by atoms with Crippen LogP contribution in [0.15, 0.2) is 0 Å². The molecule has 5 N–H and O–H groups in total. The van der Waals surface area contributed by atoms with Crippen LogP contribution in [0.2, 0.25) is 0 Å². The summed E-state index contributed by atoms with van der Waals surface area (Å²) in [6.07, 6.45) is 29.9. The van der Waals surface area contributed by atoms with Gasteiger partial charge in [-0.15, -0.1) is 74.1 Å². The van der Waals surface area contributed by atoms with Crippen LogP contribution in [0.25, 0.3) is 0 Å². The first kappa shape index (κ1) is 64.0. The zero-order valence-corrected chi connectivity index (χ0v) is 32.8. The Morgan fingerprint density at radius 2 is 0.958 bits per heavy atom. The quantitative estimate of drug-likeness (QED) is 0.0530. The number of aliphatic carboxylic acids is 3. The zero-order valence-electron chi connectivity index (χ0n) is 26.7. The molecule has 0 rings (SSSR count). The molecular weight excluding hydrogens is 847 g/mol. The van der Waals surface area contributed by atoms with Gasteiger partial charge in [-0.25, -0.2) is 6.29 Å². The molecular formula is C32H36Ag2KO13-. The summed E-state index contributed by atoms with van der Waals surface area (Å²) in [6, 6.07) is 0. The Kier molecular flexibility index (Phi) is 51.8. The minimum absolute atomic E-state index is 0. The molecule has 0 aliphatic heterocycles. The molecule has 0 spiro atoms. The van der Waals surface area contributed by atoms with Crippen molar-refractivity contribution in [1.29, 1.82) is 0 Å². The average molecular weight is 883 g/mol. The van der Waals surface area contributed by atoms with Gasteiger partial charge in [-0.1, -0.05) is 0 Å². The number of hydrogen-bond acceptors (Lipinski definition) is 10. The van der Waals surface area contributed by atoms with Crippen LogP contribution >= 0.6 is 0 Å². The standard InChI is InChI=1S/C12H14O3.C9H8O4.C9H7O3.C2H6O.2Ag.K.H2O.O/c1-5-8-12(9-6-2,10(4)13)11(14)15-7-3;1-3-5-9(6-4-2,7(10)11)8(12)13;1-3-5-9(7-10,6-4-2)8(11)12;1-2-3;;;;;/h1-2H,7-9H2,3-4H3;1-2H,5-6H2,(H,10,11)(H,12,13);1-2H,5-6H2,(H,11,12);3H,2H2,1H3;;;;1H2;/q;;-1;;;;+1;;/p-1. The predicted octanol–water partition coefficient (Wildman–Crippen LogP) is -1.72. The molecule has 0 saturated carbocycles. The Balaban J connectivity index is -0.0000000759. The maximum absolute atomic E-state index is 11.7. The molecule has 0 amide bonds. The van der Waals surface area contributed by atoms with Gasteiger partial charge in [-0.3, -0.25) is 24.0 Å². The molecule has 0 bridgehead atoms. The van der Waals surface area contributed by atoms with Crippen molar-refractivity contribution in [2.45, 2.75) is 59.3 Å². The van der Waals surface area contributed by atoms with Crippen LogP contribution in [0.5, 0.6) is 0 Å². The molecule has 0 aromatic heterocycles. The van der Waals surface area contributed by atoms with Crippen LogP contribution in [0.1, 0.15) is 59.3 Å². The molecule has 13 nitrogen and oxygen atoms in total. The van der Waals surface area contributed by atoms with E-state index in [0.29, 0.717) is 0 Å². The van der Waals surface area contributed by atoms with Crippen molar-refractivity contribution in [2.24, 2.45) is 16.2 Å². The van der Waals surface area contributed by atoms with Gasteiger partial charge >= 0.3 is 93.6 Å². The molecule has 0 saturated heterocycles. The van der Waals surface area contributed by atoms with Gasteiger partial charge in [0.15, 0.2) is 5.41 Å². The third-order valence-electron chi connectivity index (χ3n) is 5.19. The summed E-state index contributed by atoms with van der Waals surface area (Å²) in [6.45, 7) is 5.09. The summed E-state index contributed by atoms with van der Waals surface area (Å²) >= 11 is 1.70. The number of aliphatic hydroxyl groups excluding tert-OH is 1. The molecule has 0 aromatic carbocycles. The van der Waals surface area contributed by atoms with Crippen LogP contribution in [-0.4, -0.2) is 75.1 Å². The Morgan fingerprint density at radius 1 is 0.688 bits per heavy atom. The summed E-state index contributed by atoms with van der Waals surface area (Å²) in [5.74, 6) is 7.45. The predicted molar refractivity (Wildman–Crippen MR) is 159 cm³/mol. The normalized spacial score (nSPS) is 8.58. The van der Waals surface area contributed by atoms with Crippen molar-refractivity contribution in [3.8, 4) is 74.1 Å². The van der Waals surface area contributed by atoms with Crippen molar-refractivity contribution >= 4 is 35.9 Å². The van der Waals surface area contributed by atoms with E-state index in [9.17, 15) is 28.8 Å². The van der Waals surface area contributed by atoms with E-state index in [1.54, 1.807) is 34.9 Å². The van der Waals surface area contributed by atoms with E-state index in [-0.39, 0.29) is 124 Å². The first-order chi connectivity index (χ1) is 21.1. The van der Waals surface area contributed by atoms with Gasteiger partial charge in [0.2, 0.25) is 0 Å². The molecule has 266 valence electrons. The summed E-state index contributed by atoms with van der Waals surface area (Å²) in [5, 5.41) is 33.6. The Labute approximate surface area is 352 Å². The number of Topliss-reactive ketones (excluding diaryl/α,β-unsaturated/α-hetero) is 1. The Bertz CT molecular complexity index is 1190. The van der Waals surface area contributed by atoms with Gasteiger partial charge in [0.1, 0.15) is 11.2 Å². The van der Waals surface area contributed by atoms with Gasteiger partial charge in [0.25, 0.3) is 5.97 Å². The SMILES string of the molecule is C#CCC(CC#C)(C(=O)O)C(=O)O.C#CCC(CC#C)(C(C)=O)C(=O)OCC.C#CCC([C-]=O)(CC#C)C(=O)O.CCO.[Ag].[K+].[OH-].[O]=[Ag]. The van der Waals surface area contributed by atoms with Crippen LogP contribution < -0.4 is 51.4 Å². The second kappa shape index (κ2) is 38.9. The zero-order chi connectivity index (χ0) is 36.7. The fourth-order valence-corrected chi connectivity index (χ4v) is 2.70. The molecule has 0 heterocycles. The number of ether oxygens (including phenoxy) is 1. The average Bonchev–Trinajstić information content (AvgIpc) is 2.98. The molecule has 0 aliphatic rings. The first-order valence-corrected chi connectivity index (χ1v) is 12.8. The van der Waals surface area contributed by atoms with E-state index in [4.69, 9.17) is 67.0 Å². The number of carboxylic acids is 3. The molecule has 0 fully saturated rings. The van der Waals surface area contributed by atoms with Crippen LogP contribution in [0.4, 0.5) is 0 Å². The van der Waals surface area contributed by atoms with Crippen molar-refractivity contribution < 1.29 is 157 Å². The third-order valence-corrected chi connectivity index (χ3v) is 5.19. The summed E-state index contributed by atoms with van der Waals surface area (Å²) in [4.78, 5) is 65.4. The second-order valence-electron chi connectivity index (χ2n) is 8.14. The second-order valence-corrected chi connectivity index (χ2v) is 8.14. The van der Waals surface area contributed by atoms with Gasteiger partial charge in [0, 0.05) is 67.5 Å². The van der Waals surface area contributed by atoms with Gasteiger partial charge < -0.3 is 35.4 Å². The number of esters is 1. The fraction of sp³-hybridized carbons (Fsp3) is 0.438. The number of carboxylic acid groups (broad SMARTS) is 3. The van der Waals surface area contributed by atoms with E-state index in [1.807, 2.05) is 11.8 Å². The van der Waals surface area contributed by atoms with Gasteiger partial charge in [-0.05, 0) is 26.2 Å². The number of carbonyl (C=O) groups is 5. The number of terminal acetylenes is 6. The van der Waals surface area contributed by atoms with Crippen molar-refractivity contribution in [2.75, 3.05) is 13.2 Å². The van der Waals surface area contributed by atoms with Crippen LogP contribution in [0.3, 0.4) is 0 Å². The summed E-state index contributed by atoms with van der Waals surface area (Å²) < 4.78 is 12.9. The molecule has 0 atom stereocenters. The van der Waals surface area contributed by atoms with Crippen LogP contribution in [-0.2, 0) is 80.2 Å². The van der Waals surface area contributed by atoms with E-state index in [1.165, 1.54) is 13.2 Å². The maximum atomic E-state index is 11.7. The fourth-order valence-electron chi connectivity index (χ4n) is 2.70. The number of carbonyl (C=O) groups excluding carboxylic acids is 3. The Hall–Kier alpha value is -2.58. The summed E-state index contributed by atoms with van der Waals surface area (Å²) in [7, 11) is 0. The Morgan fingerprint density at radius 3 is 1.12 bits per heavy atom. The number of ketones is 1. The molecule has 16 heteroatoms. The van der Waals surface area contributed by atoms with Crippen LogP contribution in [0, 0.1) is 90.3 Å². The minimum atomic E-state index is -2.04. The number of aliphatic hydroxyl groups is 1. The third kappa shape index (κ3) is 23.7. The van der Waals surface area contributed by atoms with Gasteiger partial charge in [-0.2, -0.15) is 0 Å². The number of hydrogen-bond donors (Lipinski definition) is 4. The molecule has 0 aliphatic carbocycles. The molecule has 48 heavy (non-hydrogen) atoms. The van der Waals surface area contributed by atoms with Crippen molar-refractivity contribution in [3.05, 3.63) is 0 Å². The topological polar surface area (TPSA) is 240 Å². The molecule has 1 radical (unpaired) electrons. The van der Waals surface area contributed by atoms with E-state index < -0.39 is 53.0 Å². The van der Waals surface area contributed by atoms with E-state index in [0.717, 1.165) is 0 Å². The number of rotatable bonds is 13. The monoisotopic (exact) mass is 881 g/mol. The van der Waals surface area contributed by atoms with Gasteiger partial charge in [0.05, 0.1) is 6.61 Å².